The zero-order valence-electron chi connectivity index (χ0n) is 16.1. The third-order valence-electron chi connectivity index (χ3n) is 6.26. The molecule has 6 heteroatoms. The van der Waals surface area contributed by atoms with Gasteiger partial charge in [-0.25, -0.2) is 0 Å². The number of methoxy groups -OCH3 is 1. The van der Waals surface area contributed by atoms with Crippen LogP contribution < -0.4 is 14.8 Å². The van der Waals surface area contributed by atoms with E-state index in [2.05, 4.69) is 18.3 Å². The lowest BCUT2D eigenvalue weighted by Crippen LogP contribution is -2.42. The van der Waals surface area contributed by atoms with Crippen molar-refractivity contribution in [3.63, 3.8) is 0 Å². The summed E-state index contributed by atoms with van der Waals surface area (Å²) in [4.78, 5) is 12.4. The van der Waals surface area contributed by atoms with Gasteiger partial charge in [0.2, 0.25) is 0 Å². The van der Waals surface area contributed by atoms with Crippen LogP contribution in [0.2, 0.25) is 0 Å². The lowest BCUT2D eigenvalue weighted by Gasteiger charge is -2.28. The van der Waals surface area contributed by atoms with Crippen LogP contribution in [0.15, 0.2) is 18.2 Å². The second-order valence-corrected chi connectivity index (χ2v) is 10.7. The average Bonchev–Trinajstić information content (AvgIpc) is 3.44. The lowest BCUT2D eigenvalue weighted by atomic mass is 9.84. The quantitative estimate of drug-likeness (QED) is 0.721. The SMILES string of the molecule is COc1cc(C2SCCS2)ccc1OCC(=O)N[C@H](C)[C@@H]1C[C@H]2CC[C@H]1C2. The highest BCUT2D eigenvalue weighted by molar-refractivity contribution is 8.19. The molecule has 0 aromatic heterocycles. The van der Waals surface area contributed by atoms with E-state index in [4.69, 9.17) is 9.47 Å². The molecule has 27 heavy (non-hydrogen) atoms. The largest absolute Gasteiger partial charge is 0.493 e. The highest BCUT2D eigenvalue weighted by Gasteiger charge is 2.42. The Bertz CT molecular complexity index is 677. The van der Waals surface area contributed by atoms with Crippen LogP contribution in [-0.2, 0) is 4.79 Å². The van der Waals surface area contributed by atoms with E-state index in [9.17, 15) is 4.79 Å². The highest BCUT2D eigenvalue weighted by Crippen LogP contribution is 2.49. The summed E-state index contributed by atoms with van der Waals surface area (Å²) >= 11 is 3.93. The van der Waals surface area contributed by atoms with E-state index >= 15 is 0 Å². The first-order chi connectivity index (χ1) is 13.1. The zero-order valence-corrected chi connectivity index (χ0v) is 17.7. The minimum atomic E-state index is -0.0432. The molecule has 1 aromatic carbocycles. The van der Waals surface area contributed by atoms with Gasteiger partial charge in [0.1, 0.15) is 0 Å². The number of hydrogen-bond donors (Lipinski definition) is 1. The van der Waals surface area contributed by atoms with Crippen LogP contribution in [0.1, 0.15) is 42.8 Å². The number of thioether (sulfide) groups is 2. The van der Waals surface area contributed by atoms with E-state index in [0.29, 0.717) is 22.0 Å². The van der Waals surface area contributed by atoms with Gasteiger partial charge in [0, 0.05) is 17.5 Å². The first-order valence-corrected chi connectivity index (χ1v) is 12.1. The molecule has 2 saturated carbocycles. The van der Waals surface area contributed by atoms with Gasteiger partial charge in [0.05, 0.1) is 11.7 Å². The molecule has 0 spiro atoms. The predicted octanol–water partition coefficient (Wildman–Crippen LogP) is 4.49. The fourth-order valence-electron chi connectivity index (χ4n) is 4.95. The molecule has 1 heterocycles. The van der Waals surface area contributed by atoms with Gasteiger partial charge in [-0.3, -0.25) is 4.79 Å². The van der Waals surface area contributed by atoms with Gasteiger partial charge in [-0.1, -0.05) is 12.5 Å². The molecule has 1 aliphatic heterocycles. The summed E-state index contributed by atoms with van der Waals surface area (Å²) in [6.07, 6.45) is 5.37. The van der Waals surface area contributed by atoms with Crippen LogP contribution in [0, 0.1) is 17.8 Å². The number of nitrogens with one attached hydrogen (secondary N) is 1. The topological polar surface area (TPSA) is 47.6 Å². The second-order valence-electron chi connectivity index (χ2n) is 7.97. The Kier molecular flexibility index (Phi) is 6.12. The van der Waals surface area contributed by atoms with E-state index < -0.39 is 0 Å². The van der Waals surface area contributed by atoms with Crippen molar-refractivity contribution in [3.05, 3.63) is 23.8 Å². The number of carbonyl (C=O) groups is 1. The summed E-state index contributed by atoms with van der Waals surface area (Å²) in [5.74, 6) is 6.03. The van der Waals surface area contributed by atoms with Gasteiger partial charge in [-0.15, -0.1) is 23.5 Å². The van der Waals surface area contributed by atoms with Crippen molar-refractivity contribution in [1.29, 1.82) is 0 Å². The molecule has 1 N–H and O–H groups in total. The number of carbonyl (C=O) groups excluding carboxylic acids is 1. The average molecular weight is 408 g/mol. The van der Waals surface area contributed by atoms with Gasteiger partial charge in [-0.05, 0) is 61.6 Å². The molecule has 3 fully saturated rings. The molecular weight excluding hydrogens is 378 g/mol. The first-order valence-electron chi connectivity index (χ1n) is 9.97. The van der Waals surface area contributed by atoms with E-state index in [0.717, 1.165) is 11.8 Å². The fraction of sp³-hybridized carbons (Fsp3) is 0.667. The number of benzene rings is 1. The normalized spacial score (nSPS) is 28.3. The summed E-state index contributed by atoms with van der Waals surface area (Å²) in [6, 6.07) is 6.29. The maximum Gasteiger partial charge on any atom is 0.258 e. The minimum Gasteiger partial charge on any atom is -0.493 e. The Hall–Kier alpha value is -1.01. The molecule has 3 aliphatic rings. The molecule has 4 rings (SSSR count). The summed E-state index contributed by atoms with van der Waals surface area (Å²) in [7, 11) is 1.65. The van der Waals surface area contributed by atoms with Crippen LogP contribution in [0.5, 0.6) is 11.5 Å². The number of hydrogen-bond acceptors (Lipinski definition) is 5. The first kappa shape index (κ1) is 19.3. The van der Waals surface area contributed by atoms with E-state index in [1.807, 2.05) is 35.7 Å². The molecule has 0 unspecified atom stereocenters. The van der Waals surface area contributed by atoms with Crippen molar-refractivity contribution in [2.45, 2.75) is 43.2 Å². The lowest BCUT2D eigenvalue weighted by molar-refractivity contribution is -0.124. The van der Waals surface area contributed by atoms with Crippen LogP contribution in [0.3, 0.4) is 0 Å². The molecule has 2 aliphatic carbocycles. The number of ether oxygens (including phenoxy) is 2. The van der Waals surface area contributed by atoms with Crippen LogP contribution >= 0.6 is 23.5 Å². The Balaban J connectivity index is 1.30. The van der Waals surface area contributed by atoms with Crippen molar-refractivity contribution < 1.29 is 14.3 Å². The van der Waals surface area contributed by atoms with Crippen molar-refractivity contribution in [2.24, 2.45) is 17.8 Å². The Morgan fingerprint density at radius 3 is 2.70 bits per heavy atom. The molecule has 0 radical (unpaired) electrons. The zero-order chi connectivity index (χ0) is 18.8. The van der Waals surface area contributed by atoms with E-state index in [1.165, 1.54) is 42.8 Å². The summed E-state index contributed by atoms with van der Waals surface area (Å²) in [5.41, 5.74) is 1.25. The monoisotopic (exact) mass is 407 g/mol. The van der Waals surface area contributed by atoms with Crippen LogP contribution in [-0.4, -0.2) is 37.2 Å². The Labute approximate surface area is 170 Å². The number of fused-ring (bicyclic) bond motifs is 2. The molecular formula is C21H29NO3S2. The van der Waals surface area contributed by atoms with Gasteiger partial charge < -0.3 is 14.8 Å². The molecule has 1 aromatic rings. The minimum absolute atomic E-state index is 0.0355. The summed E-state index contributed by atoms with van der Waals surface area (Å²) in [6.45, 7) is 2.18. The third kappa shape index (κ3) is 4.37. The predicted molar refractivity (Wildman–Crippen MR) is 113 cm³/mol. The molecule has 1 saturated heterocycles. The summed E-state index contributed by atoms with van der Waals surface area (Å²) in [5, 5.41) is 3.16. The van der Waals surface area contributed by atoms with Crippen LogP contribution in [0.4, 0.5) is 0 Å². The van der Waals surface area contributed by atoms with Crippen molar-refractivity contribution in [2.75, 3.05) is 25.2 Å². The number of rotatable bonds is 7. The maximum atomic E-state index is 12.4. The summed E-state index contributed by atoms with van der Waals surface area (Å²) < 4.78 is 11.8. The Morgan fingerprint density at radius 1 is 1.22 bits per heavy atom. The van der Waals surface area contributed by atoms with Crippen molar-refractivity contribution >= 4 is 29.4 Å². The van der Waals surface area contributed by atoms with Gasteiger partial charge in [0.25, 0.3) is 5.91 Å². The van der Waals surface area contributed by atoms with E-state index in [-0.39, 0.29) is 18.6 Å². The molecule has 1 amide bonds. The maximum absolute atomic E-state index is 12.4. The number of amides is 1. The third-order valence-corrected chi connectivity index (χ3v) is 9.37. The molecule has 148 valence electrons. The molecule has 4 atom stereocenters. The molecule has 4 nitrogen and oxygen atoms in total. The standard InChI is InChI=1S/C21H29NO3S2/c1-13(17-10-14-3-4-15(17)9-14)22-20(23)12-25-18-6-5-16(11-19(18)24-2)21-26-7-8-27-21/h5-6,11,13-15,17,21H,3-4,7-10,12H2,1-2H3,(H,22,23)/t13-,14+,15+,17+/m1/s1. The van der Waals surface area contributed by atoms with Crippen molar-refractivity contribution in [1.82, 2.24) is 5.32 Å². The Morgan fingerprint density at radius 2 is 2.04 bits per heavy atom. The van der Waals surface area contributed by atoms with Crippen molar-refractivity contribution in [3.8, 4) is 11.5 Å². The van der Waals surface area contributed by atoms with Crippen LogP contribution in [0.25, 0.3) is 0 Å². The van der Waals surface area contributed by atoms with E-state index in [1.54, 1.807) is 7.11 Å². The second kappa shape index (κ2) is 8.56. The fourth-order valence-corrected chi connectivity index (χ4v) is 7.79. The van der Waals surface area contributed by atoms with Gasteiger partial charge >= 0.3 is 0 Å². The van der Waals surface area contributed by atoms with Gasteiger partial charge in [0.15, 0.2) is 18.1 Å². The molecule has 2 bridgehead atoms. The smallest absolute Gasteiger partial charge is 0.258 e. The van der Waals surface area contributed by atoms with Gasteiger partial charge in [-0.2, -0.15) is 0 Å². The highest BCUT2D eigenvalue weighted by atomic mass is 32.2.